The standard InChI is InChI=1S/C11H11N5OS/c12-11(18)16-15-10(17)9-6-8(13-14-9)7-4-2-1-3-5-7/h1-6H,(H,13,14)(H,15,17)(H3,12,16,18). The number of hydrazine groups is 1. The molecule has 0 fully saturated rings. The number of amides is 1. The molecule has 92 valence electrons. The summed E-state index contributed by atoms with van der Waals surface area (Å²) in [5, 5.41) is 6.69. The lowest BCUT2D eigenvalue weighted by atomic mass is 10.1. The Morgan fingerprint density at radius 3 is 2.67 bits per heavy atom. The lowest BCUT2D eigenvalue weighted by Gasteiger charge is -2.03. The highest BCUT2D eigenvalue weighted by atomic mass is 32.1. The van der Waals surface area contributed by atoms with E-state index >= 15 is 0 Å². The number of aromatic amines is 1. The summed E-state index contributed by atoms with van der Waals surface area (Å²) < 4.78 is 0. The van der Waals surface area contributed by atoms with Gasteiger partial charge in [0.25, 0.3) is 5.91 Å². The lowest BCUT2D eigenvalue weighted by Crippen LogP contribution is -2.44. The lowest BCUT2D eigenvalue weighted by molar-refractivity contribution is 0.0939. The van der Waals surface area contributed by atoms with Crippen molar-refractivity contribution in [2.45, 2.75) is 0 Å². The van der Waals surface area contributed by atoms with Crippen molar-refractivity contribution in [2.75, 3.05) is 0 Å². The number of hydrogen-bond donors (Lipinski definition) is 4. The minimum atomic E-state index is -0.391. The van der Waals surface area contributed by atoms with Crippen molar-refractivity contribution in [3.8, 4) is 11.3 Å². The maximum absolute atomic E-state index is 11.6. The van der Waals surface area contributed by atoms with E-state index in [4.69, 9.17) is 5.73 Å². The zero-order valence-corrected chi connectivity index (χ0v) is 10.1. The second-order valence-electron chi connectivity index (χ2n) is 3.48. The number of benzene rings is 1. The first kappa shape index (κ1) is 12.1. The van der Waals surface area contributed by atoms with Gasteiger partial charge in [-0.05, 0) is 18.3 Å². The first-order chi connectivity index (χ1) is 8.66. The first-order valence-electron chi connectivity index (χ1n) is 5.13. The summed E-state index contributed by atoms with van der Waals surface area (Å²) in [5.41, 5.74) is 11.8. The zero-order valence-electron chi connectivity index (χ0n) is 9.31. The van der Waals surface area contributed by atoms with Gasteiger partial charge in [-0.25, -0.2) is 0 Å². The second kappa shape index (κ2) is 5.28. The van der Waals surface area contributed by atoms with E-state index in [0.717, 1.165) is 5.56 Å². The van der Waals surface area contributed by atoms with Crippen LogP contribution in [0.3, 0.4) is 0 Å². The Hall–Kier alpha value is -2.41. The fourth-order valence-electron chi connectivity index (χ4n) is 1.38. The highest BCUT2D eigenvalue weighted by Gasteiger charge is 2.10. The van der Waals surface area contributed by atoms with Crippen molar-refractivity contribution in [3.63, 3.8) is 0 Å². The molecule has 0 aliphatic heterocycles. The summed E-state index contributed by atoms with van der Waals surface area (Å²) in [6.45, 7) is 0. The Bertz CT molecular complexity index is 566. The van der Waals surface area contributed by atoms with Gasteiger partial charge >= 0.3 is 0 Å². The van der Waals surface area contributed by atoms with Crippen LogP contribution in [0.2, 0.25) is 0 Å². The van der Waals surface area contributed by atoms with Gasteiger partial charge in [-0.3, -0.25) is 20.7 Å². The van der Waals surface area contributed by atoms with Gasteiger partial charge in [0.15, 0.2) is 5.11 Å². The van der Waals surface area contributed by atoms with Crippen molar-refractivity contribution in [1.29, 1.82) is 0 Å². The number of hydrogen-bond acceptors (Lipinski definition) is 3. The van der Waals surface area contributed by atoms with E-state index in [9.17, 15) is 4.79 Å². The summed E-state index contributed by atoms with van der Waals surface area (Å²) in [5.74, 6) is -0.391. The highest BCUT2D eigenvalue weighted by molar-refractivity contribution is 7.80. The summed E-state index contributed by atoms with van der Waals surface area (Å²) in [6.07, 6.45) is 0. The number of carbonyl (C=O) groups excluding carboxylic acids is 1. The molecular formula is C11H11N5OS. The number of thiocarbonyl (C=S) groups is 1. The van der Waals surface area contributed by atoms with Crippen LogP contribution in [-0.2, 0) is 0 Å². The molecule has 0 unspecified atom stereocenters. The predicted octanol–water partition coefficient (Wildman–Crippen LogP) is 0.555. The molecule has 1 amide bonds. The van der Waals surface area contributed by atoms with Crippen molar-refractivity contribution >= 4 is 23.2 Å². The summed E-state index contributed by atoms with van der Waals surface area (Å²) in [6, 6.07) is 11.2. The number of rotatable bonds is 2. The molecule has 2 aromatic rings. The molecule has 6 nitrogen and oxygen atoms in total. The number of aromatic nitrogens is 2. The monoisotopic (exact) mass is 261 g/mol. The van der Waals surface area contributed by atoms with Crippen LogP contribution in [0.15, 0.2) is 36.4 Å². The first-order valence-corrected chi connectivity index (χ1v) is 5.54. The molecule has 0 saturated heterocycles. The zero-order chi connectivity index (χ0) is 13.0. The SMILES string of the molecule is NC(=S)NNC(=O)c1cc(-c2ccccc2)n[nH]1. The number of nitrogens with zero attached hydrogens (tertiary/aromatic N) is 1. The van der Waals surface area contributed by atoms with Crippen LogP contribution in [0.1, 0.15) is 10.5 Å². The summed E-state index contributed by atoms with van der Waals surface area (Å²) in [4.78, 5) is 11.6. The molecule has 18 heavy (non-hydrogen) atoms. The number of nitrogens with one attached hydrogen (secondary N) is 3. The van der Waals surface area contributed by atoms with Gasteiger partial charge in [0, 0.05) is 5.56 Å². The maximum atomic E-state index is 11.6. The van der Waals surface area contributed by atoms with Gasteiger partial charge in [-0.15, -0.1) is 0 Å². The van der Waals surface area contributed by atoms with Crippen molar-refractivity contribution in [2.24, 2.45) is 5.73 Å². The van der Waals surface area contributed by atoms with Crippen LogP contribution in [-0.4, -0.2) is 21.2 Å². The predicted molar refractivity (Wildman–Crippen MR) is 71.4 cm³/mol. The smallest absolute Gasteiger partial charge is 0.287 e. The molecule has 2 rings (SSSR count). The molecule has 0 aliphatic carbocycles. The molecule has 0 atom stereocenters. The molecule has 1 aromatic carbocycles. The third-order valence-electron chi connectivity index (χ3n) is 2.19. The van der Waals surface area contributed by atoms with Gasteiger partial charge < -0.3 is 5.73 Å². The molecule has 0 spiro atoms. The van der Waals surface area contributed by atoms with Crippen LogP contribution in [0.5, 0.6) is 0 Å². The van der Waals surface area contributed by atoms with Gasteiger partial charge in [0.05, 0.1) is 5.69 Å². The Balaban J connectivity index is 2.11. The molecule has 1 aromatic heterocycles. The fraction of sp³-hybridized carbons (Fsp3) is 0. The van der Waals surface area contributed by atoms with Crippen molar-refractivity contribution in [3.05, 3.63) is 42.1 Å². The van der Waals surface area contributed by atoms with Crippen LogP contribution < -0.4 is 16.6 Å². The van der Waals surface area contributed by atoms with E-state index in [2.05, 4.69) is 33.3 Å². The fourth-order valence-corrected chi connectivity index (χ4v) is 1.43. The second-order valence-corrected chi connectivity index (χ2v) is 3.92. The average Bonchev–Trinajstić information content (AvgIpc) is 2.86. The topological polar surface area (TPSA) is 95.8 Å². The third-order valence-corrected chi connectivity index (χ3v) is 2.29. The van der Waals surface area contributed by atoms with Gasteiger partial charge in [-0.1, -0.05) is 30.3 Å². The molecule has 0 aliphatic rings. The Morgan fingerprint density at radius 1 is 1.28 bits per heavy atom. The van der Waals surface area contributed by atoms with E-state index < -0.39 is 5.91 Å². The largest absolute Gasteiger partial charge is 0.375 e. The molecule has 0 saturated carbocycles. The minimum absolute atomic E-state index is 0.00820. The van der Waals surface area contributed by atoms with Crippen LogP contribution >= 0.6 is 12.2 Å². The van der Waals surface area contributed by atoms with E-state index in [0.29, 0.717) is 11.4 Å². The average molecular weight is 261 g/mol. The van der Waals surface area contributed by atoms with Crippen LogP contribution in [0.25, 0.3) is 11.3 Å². The maximum Gasteiger partial charge on any atom is 0.287 e. The number of carbonyl (C=O) groups is 1. The van der Waals surface area contributed by atoms with Gasteiger partial charge in [0.2, 0.25) is 0 Å². The Morgan fingerprint density at radius 2 is 2.00 bits per heavy atom. The van der Waals surface area contributed by atoms with Gasteiger partial charge in [0.1, 0.15) is 5.69 Å². The van der Waals surface area contributed by atoms with E-state index in [1.807, 2.05) is 30.3 Å². The Kier molecular flexibility index (Phi) is 3.54. The van der Waals surface area contributed by atoms with E-state index in [1.165, 1.54) is 0 Å². The van der Waals surface area contributed by atoms with Gasteiger partial charge in [-0.2, -0.15) is 5.10 Å². The van der Waals surface area contributed by atoms with Crippen molar-refractivity contribution in [1.82, 2.24) is 21.0 Å². The van der Waals surface area contributed by atoms with E-state index in [-0.39, 0.29) is 5.11 Å². The normalized spacial score (nSPS) is 9.78. The molecular weight excluding hydrogens is 250 g/mol. The van der Waals surface area contributed by atoms with E-state index in [1.54, 1.807) is 6.07 Å². The summed E-state index contributed by atoms with van der Waals surface area (Å²) in [7, 11) is 0. The number of nitrogens with two attached hydrogens (primary N) is 1. The van der Waals surface area contributed by atoms with Crippen LogP contribution in [0, 0.1) is 0 Å². The quantitative estimate of drug-likeness (QED) is 0.468. The molecule has 1 heterocycles. The number of H-pyrrole nitrogens is 1. The van der Waals surface area contributed by atoms with Crippen LogP contribution in [0.4, 0.5) is 0 Å². The molecule has 0 radical (unpaired) electrons. The van der Waals surface area contributed by atoms with Crippen molar-refractivity contribution < 1.29 is 4.79 Å². The molecule has 5 N–H and O–H groups in total. The third kappa shape index (κ3) is 2.83. The Labute approximate surface area is 109 Å². The molecule has 0 bridgehead atoms. The highest BCUT2D eigenvalue weighted by Crippen LogP contribution is 2.16. The minimum Gasteiger partial charge on any atom is -0.375 e. The summed E-state index contributed by atoms with van der Waals surface area (Å²) >= 11 is 4.57. The molecule has 7 heteroatoms.